The number of halogens is 1. The summed E-state index contributed by atoms with van der Waals surface area (Å²) in [5.41, 5.74) is 2.08. The number of rotatable bonds is 6. The van der Waals surface area contributed by atoms with E-state index in [0.717, 1.165) is 12.0 Å². The van der Waals surface area contributed by atoms with Gasteiger partial charge in [0.1, 0.15) is 0 Å². The molecule has 5 heteroatoms. The van der Waals surface area contributed by atoms with E-state index in [1.54, 1.807) is 4.90 Å². The second kappa shape index (κ2) is 8.37. The van der Waals surface area contributed by atoms with E-state index in [1.165, 1.54) is 5.56 Å². The maximum absolute atomic E-state index is 12.6. The van der Waals surface area contributed by atoms with Crippen LogP contribution in [0.4, 0.5) is 0 Å². The van der Waals surface area contributed by atoms with Crippen molar-refractivity contribution in [3.63, 3.8) is 0 Å². The fourth-order valence-corrected chi connectivity index (χ4v) is 3.61. The van der Waals surface area contributed by atoms with Crippen LogP contribution in [-0.2, 0) is 16.0 Å². The summed E-state index contributed by atoms with van der Waals surface area (Å²) in [4.78, 5) is 26.6. The molecule has 0 bridgehead atoms. The van der Waals surface area contributed by atoms with E-state index in [4.69, 9.17) is 11.6 Å². The number of likely N-dealkylation sites (tertiary alicyclic amines) is 1. The summed E-state index contributed by atoms with van der Waals surface area (Å²) in [6, 6.07) is 17.3. The second-order valence-electron chi connectivity index (χ2n) is 6.73. The summed E-state index contributed by atoms with van der Waals surface area (Å²) in [5.74, 6) is -0.345. The van der Waals surface area contributed by atoms with Crippen LogP contribution in [0.15, 0.2) is 54.6 Å². The minimum Gasteiger partial charge on any atom is -0.349 e. The van der Waals surface area contributed by atoms with Gasteiger partial charge in [-0.3, -0.25) is 9.59 Å². The standard InChI is InChI=1S/C21H23ClN2O2/c1-15(18-9-5-6-10-19(18)22)23-21(26)17-13-20(25)24(14-17)12-11-16-7-3-2-4-8-16/h2-10,15,17H,11-14H2,1H3,(H,23,26). The fourth-order valence-electron chi connectivity index (χ4n) is 3.31. The average molecular weight is 371 g/mol. The molecular weight excluding hydrogens is 348 g/mol. The van der Waals surface area contributed by atoms with E-state index >= 15 is 0 Å². The van der Waals surface area contributed by atoms with Gasteiger partial charge in [-0.1, -0.05) is 60.1 Å². The summed E-state index contributed by atoms with van der Waals surface area (Å²) in [6.45, 7) is 3.03. The molecule has 1 saturated heterocycles. The van der Waals surface area contributed by atoms with Crippen molar-refractivity contribution in [2.24, 2.45) is 5.92 Å². The Morgan fingerprint density at radius 2 is 1.88 bits per heavy atom. The molecule has 4 nitrogen and oxygen atoms in total. The topological polar surface area (TPSA) is 49.4 Å². The molecule has 1 aliphatic rings. The predicted molar refractivity (Wildman–Crippen MR) is 103 cm³/mol. The number of hydrogen-bond donors (Lipinski definition) is 1. The third kappa shape index (κ3) is 4.44. The van der Waals surface area contributed by atoms with Gasteiger partial charge in [-0.2, -0.15) is 0 Å². The molecule has 2 amide bonds. The van der Waals surface area contributed by atoms with Gasteiger partial charge >= 0.3 is 0 Å². The Morgan fingerprint density at radius 3 is 2.62 bits per heavy atom. The Morgan fingerprint density at radius 1 is 1.19 bits per heavy atom. The third-order valence-corrected chi connectivity index (χ3v) is 5.17. The van der Waals surface area contributed by atoms with Crippen molar-refractivity contribution < 1.29 is 9.59 Å². The van der Waals surface area contributed by atoms with Gasteiger partial charge in [-0.05, 0) is 30.5 Å². The van der Waals surface area contributed by atoms with Crippen molar-refractivity contribution in [3.05, 3.63) is 70.7 Å². The number of carbonyl (C=O) groups is 2. The highest BCUT2D eigenvalue weighted by molar-refractivity contribution is 6.31. The van der Waals surface area contributed by atoms with Crippen molar-refractivity contribution in [1.82, 2.24) is 10.2 Å². The molecule has 0 spiro atoms. The first-order valence-electron chi connectivity index (χ1n) is 8.91. The Bertz CT molecular complexity index is 779. The zero-order chi connectivity index (χ0) is 18.5. The molecule has 26 heavy (non-hydrogen) atoms. The van der Waals surface area contributed by atoms with Gasteiger partial charge in [0.15, 0.2) is 0 Å². The highest BCUT2D eigenvalue weighted by atomic mass is 35.5. The maximum atomic E-state index is 12.6. The van der Waals surface area contributed by atoms with E-state index < -0.39 is 0 Å². The van der Waals surface area contributed by atoms with Gasteiger partial charge < -0.3 is 10.2 Å². The zero-order valence-corrected chi connectivity index (χ0v) is 15.6. The summed E-state index contributed by atoms with van der Waals surface area (Å²) in [7, 11) is 0. The molecule has 0 radical (unpaired) electrons. The largest absolute Gasteiger partial charge is 0.349 e. The molecule has 136 valence electrons. The van der Waals surface area contributed by atoms with Crippen LogP contribution in [0.25, 0.3) is 0 Å². The molecule has 1 fully saturated rings. The molecule has 0 aliphatic carbocycles. The summed E-state index contributed by atoms with van der Waals surface area (Å²) < 4.78 is 0. The lowest BCUT2D eigenvalue weighted by Crippen LogP contribution is -2.35. The summed E-state index contributed by atoms with van der Waals surface area (Å²) in [6.07, 6.45) is 1.08. The summed E-state index contributed by atoms with van der Waals surface area (Å²) in [5, 5.41) is 3.62. The third-order valence-electron chi connectivity index (χ3n) is 4.83. The van der Waals surface area contributed by atoms with Crippen LogP contribution in [0.3, 0.4) is 0 Å². The van der Waals surface area contributed by atoms with Gasteiger partial charge in [0.05, 0.1) is 12.0 Å². The van der Waals surface area contributed by atoms with Crippen LogP contribution in [0.2, 0.25) is 5.02 Å². The lowest BCUT2D eigenvalue weighted by atomic mass is 10.0. The lowest BCUT2D eigenvalue weighted by molar-refractivity contribution is -0.129. The average Bonchev–Trinajstić information content (AvgIpc) is 3.02. The quantitative estimate of drug-likeness (QED) is 0.844. The molecule has 0 aromatic heterocycles. The molecule has 1 aliphatic heterocycles. The van der Waals surface area contributed by atoms with Crippen LogP contribution in [0.1, 0.15) is 30.5 Å². The summed E-state index contributed by atoms with van der Waals surface area (Å²) >= 11 is 6.19. The monoisotopic (exact) mass is 370 g/mol. The van der Waals surface area contributed by atoms with Crippen LogP contribution in [0.5, 0.6) is 0 Å². The molecule has 3 rings (SSSR count). The van der Waals surface area contributed by atoms with Crippen molar-refractivity contribution in [2.45, 2.75) is 25.8 Å². The fraction of sp³-hybridized carbons (Fsp3) is 0.333. The number of nitrogens with one attached hydrogen (secondary N) is 1. The van der Waals surface area contributed by atoms with Crippen LogP contribution in [0, 0.1) is 5.92 Å². The lowest BCUT2D eigenvalue weighted by Gasteiger charge is -2.19. The first-order valence-corrected chi connectivity index (χ1v) is 9.29. The number of benzene rings is 2. The molecule has 2 aromatic carbocycles. The molecular formula is C21H23ClN2O2. The molecule has 0 saturated carbocycles. The van der Waals surface area contributed by atoms with Crippen LogP contribution < -0.4 is 5.32 Å². The Balaban J connectivity index is 1.54. The highest BCUT2D eigenvalue weighted by Gasteiger charge is 2.34. The van der Waals surface area contributed by atoms with Gasteiger partial charge in [0.25, 0.3) is 0 Å². The normalized spacial score (nSPS) is 18.0. The predicted octanol–water partition coefficient (Wildman–Crippen LogP) is 3.61. The molecule has 2 atom stereocenters. The number of hydrogen-bond acceptors (Lipinski definition) is 2. The first kappa shape index (κ1) is 18.5. The molecule has 2 unspecified atom stereocenters. The van der Waals surface area contributed by atoms with E-state index in [9.17, 15) is 9.59 Å². The first-order chi connectivity index (χ1) is 12.5. The number of amides is 2. The molecule has 1 N–H and O–H groups in total. The van der Waals surface area contributed by atoms with E-state index in [2.05, 4.69) is 17.4 Å². The molecule has 1 heterocycles. The highest BCUT2D eigenvalue weighted by Crippen LogP contribution is 2.24. The second-order valence-corrected chi connectivity index (χ2v) is 7.14. The van der Waals surface area contributed by atoms with Crippen molar-refractivity contribution in [3.8, 4) is 0 Å². The number of carbonyl (C=O) groups excluding carboxylic acids is 2. The number of nitrogens with zero attached hydrogens (tertiary/aromatic N) is 1. The van der Waals surface area contributed by atoms with Crippen molar-refractivity contribution >= 4 is 23.4 Å². The van der Waals surface area contributed by atoms with Crippen molar-refractivity contribution in [1.29, 1.82) is 0 Å². The Hall–Kier alpha value is -2.33. The van der Waals surface area contributed by atoms with Crippen molar-refractivity contribution in [2.75, 3.05) is 13.1 Å². The Labute approximate surface area is 159 Å². The Kier molecular flexibility index (Phi) is 5.94. The minimum atomic E-state index is -0.303. The van der Waals surface area contributed by atoms with Crippen LogP contribution in [-0.4, -0.2) is 29.8 Å². The van der Waals surface area contributed by atoms with Crippen LogP contribution >= 0.6 is 11.6 Å². The maximum Gasteiger partial charge on any atom is 0.225 e. The smallest absolute Gasteiger partial charge is 0.225 e. The van der Waals surface area contributed by atoms with E-state index in [-0.39, 0.29) is 30.2 Å². The van der Waals surface area contributed by atoms with Gasteiger partial charge in [-0.15, -0.1) is 0 Å². The van der Waals surface area contributed by atoms with Gasteiger partial charge in [0, 0.05) is 24.5 Å². The van der Waals surface area contributed by atoms with Gasteiger partial charge in [0.2, 0.25) is 11.8 Å². The van der Waals surface area contributed by atoms with Gasteiger partial charge in [-0.25, -0.2) is 0 Å². The van der Waals surface area contributed by atoms with E-state index in [0.29, 0.717) is 18.1 Å². The molecule has 2 aromatic rings. The zero-order valence-electron chi connectivity index (χ0n) is 14.8. The SMILES string of the molecule is CC(NC(=O)C1CC(=O)N(CCc2ccccc2)C1)c1ccccc1Cl. The van der Waals surface area contributed by atoms with E-state index in [1.807, 2.05) is 49.4 Å². The minimum absolute atomic E-state index is 0.0477.